The van der Waals surface area contributed by atoms with Gasteiger partial charge in [-0.05, 0) is 18.2 Å². The Morgan fingerprint density at radius 3 is 2.35 bits per heavy atom. The third kappa shape index (κ3) is 2.51. The van der Waals surface area contributed by atoms with E-state index in [0.717, 1.165) is 27.4 Å². The predicted molar refractivity (Wildman–Crippen MR) is 93.9 cm³/mol. The van der Waals surface area contributed by atoms with E-state index in [4.69, 9.17) is 5.73 Å². The van der Waals surface area contributed by atoms with Gasteiger partial charge in [-0.25, -0.2) is 9.98 Å². The van der Waals surface area contributed by atoms with Crippen LogP contribution in [0, 0.1) is 0 Å². The molecule has 0 radical (unpaired) electrons. The zero-order valence-electron chi connectivity index (χ0n) is 12.3. The summed E-state index contributed by atoms with van der Waals surface area (Å²) in [5, 5.41) is 2.10. The molecule has 2 aromatic heterocycles. The number of pyridine rings is 2. The average molecular weight is 298 g/mol. The molecule has 0 spiro atoms. The summed E-state index contributed by atoms with van der Waals surface area (Å²) in [5.74, 6) is 1.03. The molecule has 4 aromatic rings. The number of rotatable bonds is 2. The van der Waals surface area contributed by atoms with Crippen LogP contribution in [0.5, 0.6) is 0 Å². The van der Waals surface area contributed by atoms with Crippen molar-refractivity contribution in [2.24, 2.45) is 10.7 Å². The topological polar surface area (TPSA) is 64.2 Å². The average Bonchev–Trinajstić information content (AvgIpc) is 2.62. The molecule has 0 saturated carbocycles. The molecule has 2 heterocycles. The second-order valence-electron chi connectivity index (χ2n) is 5.24. The van der Waals surface area contributed by atoms with Crippen molar-refractivity contribution >= 4 is 33.5 Å². The maximum absolute atomic E-state index is 6.08. The van der Waals surface area contributed by atoms with Crippen LogP contribution >= 0.6 is 0 Å². The summed E-state index contributed by atoms with van der Waals surface area (Å²) in [6, 6.07) is 21.6. The van der Waals surface area contributed by atoms with Crippen molar-refractivity contribution in [3.8, 4) is 0 Å². The molecule has 4 rings (SSSR count). The first-order chi connectivity index (χ1) is 11.3. The fraction of sp³-hybridized carbons (Fsp3) is 0. The minimum atomic E-state index is 0.450. The highest BCUT2D eigenvalue weighted by Gasteiger charge is 2.05. The number of amidine groups is 1. The summed E-state index contributed by atoms with van der Waals surface area (Å²) in [6.45, 7) is 0. The van der Waals surface area contributed by atoms with Gasteiger partial charge in [0.25, 0.3) is 0 Å². The van der Waals surface area contributed by atoms with E-state index in [2.05, 4.69) is 15.0 Å². The lowest BCUT2D eigenvalue weighted by Crippen LogP contribution is -2.12. The van der Waals surface area contributed by atoms with E-state index < -0.39 is 0 Å². The molecule has 0 atom stereocenters. The molecule has 2 N–H and O–H groups in total. The van der Waals surface area contributed by atoms with Crippen molar-refractivity contribution in [2.45, 2.75) is 0 Å². The van der Waals surface area contributed by atoms with Crippen LogP contribution in [0.25, 0.3) is 21.8 Å². The minimum Gasteiger partial charge on any atom is -0.383 e. The van der Waals surface area contributed by atoms with Crippen LogP contribution in [0.1, 0.15) is 5.56 Å². The second-order valence-corrected chi connectivity index (χ2v) is 5.24. The smallest absolute Gasteiger partial charge is 0.155 e. The number of hydrogen-bond acceptors (Lipinski definition) is 3. The van der Waals surface area contributed by atoms with Gasteiger partial charge in [0.2, 0.25) is 0 Å². The molecule has 0 amide bonds. The van der Waals surface area contributed by atoms with Crippen LogP contribution in [0.3, 0.4) is 0 Å². The number of aliphatic imine (C=N–C) groups is 1. The molecule has 4 nitrogen and oxygen atoms in total. The molecule has 110 valence electrons. The Balaban J connectivity index is 1.87. The molecule has 2 aromatic carbocycles. The van der Waals surface area contributed by atoms with Gasteiger partial charge in [0.1, 0.15) is 5.84 Å². The van der Waals surface area contributed by atoms with E-state index in [1.807, 2.05) is 66.7 Å². The van der Waals surface area contributed by atoms with Gasteiger partial charge in [-0.1, -0.05) is 48.5 Å². The van der Waals surface area contributed by atoms with Crippen LogP contribution in [0.15, 0.2) is 77.9 Å². The van der Waals surface area contributed by atoms with Crippen LogP contribution in [0.2, 0.25) is 0 Å². The monoisotopic (exact) mass is 298 g/mol. The normalized spacial score (nSPS) is 11.9. The third-order valence-electron chi connectivity index (χ3n) is 3.72. The maximum atomic E-state index is 6.08. The van der Waals surface area contributed by atoms with E-state index in [-0.39, 0.29) is 0 Å². The molecule has 0 aliphatic rings. The zero-order valence-corrected chi connectivity index (χ0v) is 12.3. The van der Waals surface area contributed by atoms with Crippen molar-refractivity contribution in [3.63, 3.8) is 0 Å². The zero-order chi connectivity index (χ0) is 15.6. The number of nitrogens with zero attached hydrogens (tertiary/aromatic N) is 3. The van der Waals surface area contributed by atoms with Gasteiger partial charge in [0.15, 0.2) is 5.82 Å². The molecule has 0 bridgehead atoms. The lowest BCUT2D eigenvalue weighted by atomic mass is 10.1. The van der Waals surface area contributed by atoms with Gasteiger partial charge >= 0.3 is 0 Å². The van der Waals surface area contributed by atoms with Crippen molar-refractivity contribution in [1.82, 2.24) is 9.97 Å². The second kappa shape index (κ2) is 5.50. The molecule has 0 fully saturated rings. The summed E-state index contributed by atoms with van der Waals surface area (Å²) in [4.78, 5) is 13.5. The Hall–Kier alpha value is -3.27. The largest absolute Gasteiger partial charge is 0.383 e. The highest BCUT2D eigenvalue weighted by molar-refractivity contribution is 6.03. The highest BCUT2D eigenvalue weighted by Crippen LogP contribution is 2.24. The van der Waals surface area contributed by atoms with Gasteiger partial charge < -0.3 is 5.73 Å². The molecule has 23 heavy (non-hydrogen) atoms. The number of aromatic nitrogens is 2. The standard InChI is InChI=1S/C19H14N4/c20-19(15-5-2-1-3-6-15)23-16-11-10-14-9-8-13-7-4-12-21-17(13)18(14)22-16/h1-12H,(H2,20,22,23). The highest BCUT2D eigenvalue weighted by atomic mass is 15.0. The van der Waals surface area contributed by atoms with Gasteiger partial charge in [-0.3, -0.25) is 4.98 Å². The first kappa shape index (κ1) is 13.4. The van der Waals surface area contributed by atoms with E-state index >= 15 is 0 Å². The van der Waals surface area contributed by atoms with E-state index in [1.54, 1.807) is 6.20 Å². The summed E-state index contributed by atoms with van der Waals surface area (Å²) >= 11 is 0. The van der Waals surface area contributed by atoms with E-state index in [1.165, 1.54) is 0 Å². The maximum Gasteiger partial charge on any atom is 0.155 e. The molecule has 0 unspecified atom stereocenters. The molecular weight excluding hydrogens is 284 g/mol. The van der Waals surface area contributed by atoms with E-state index in [9.17, 15) is 0 Å². The fourth-order valence-electron chi connectivity index (χ4n) is 2.57. The summed E-state index contributed by atoms with van der Waals surface area (Å²) in [6.07, 6.45) is 1.78. The third-order valence-corrected chi connectivity index (χ3v) is 3.72. The lowest BCUT2D eigenvalue weighted by molar-refractivity contribution is 1.31. The van der Waals surface area contributed by atoms with Crippen molar-refractivity contribution in [3.05, 3.63) is 78.5 Å². The first-order valence-corrected chi connectivity index (χ1v) is 7.35. The Kier molecular flexibility index (Phi) is 3.20. The van der Waals surface area contributed by atoms with Gasteiger partial charge in [0, 0.05) is 22.5 Å². The van der Waals surface area contributed by atoms with Gasteiger partial charge in [0.05, 0.1) is 11.0 Å². The summed E-state index contributed by atoms with van der Waals surface area (Å²) in [7, 11) is 0. The predicted octanol–water partition coefficient (Wildman–Crippen LogP) is 3.82. The van der Waals surface area contributed by atoms with Crippen LogP contribution in [-0.4, -0.2) is 15.8 Å². The van der Waals surface area contributed by atoms with Crippen LogP contribution in [0.4, 0.5) is 5.82 Å². The minimum absolute atomic E-state index is 0.450. The molecule has 0 saturated heterocycles. The SMILES string of the molecule is NC(=Nc1ccc2ccc3cccnc3c2n1)c1ccccc1. The first-order valence-electron chi connectivity index (χ1n) is 7.35. The van der Waals surface area contributed by atoms with Crippen LogP contribution < -0.4 is 5.73 Å². The van der Waals surface area contributed by atoms with Crippen molar-refractivity contribution in [1.29, 1.82) is 0 Å². The quantitative estimate of drug-likeness (QED) is 0.347. The van der Waals surface area contributed by atoms with Crippen molar-refractivity contribution in [2.75, 3.05) is 0 Å². The number of fused-ring (bicyclic) bond motifs is 3. The summed E-state index contributed by atoms with van der Waals surface area (Å²) in [5.41, 5.74) is 8.67. The molecule has 4 heteroatoms. The molecular formula is C19H14N4. The Morgan fingerprint density at radius 2 is 1.52 bits per heavy atom. The van der Waals surface area contributed by atoms with Crippen molar-refractivity contribution < 1.29 is 0 Å². The number of benzene rings is 2. The Morgan fingerprint density at radius 1 is 0.783 bits per heavy atom. The fourth-order valence-corrected chi connectivity index (χ4v) is 2.57. The van der Waals surface area contributed by atoms with Gasteiger partial charge in [-0.15, -0.1) is 0 Å². The Bertz CT molecular complexity index is 1020. The van der Waals surface area contributed by atoms with Gasteiger partial charge in [-0.2, -0.15) is 0 Å². The van der Waals surface area contributed by atoms with Crippen LogP contribution in [-0.2, 0) is 0 Å². The number of nitrogens with two attached hydrogens (primary N) is 1. The summed E-state index contributed by atoms with van der Waals surface area (Å²) < 4.78 is 0. The lowest BCUT2D eigenvalue weighted by Gasteiger charge is -2.04. The van der Waals surface area contributed by atoms with E-state index in [0.29, 0.717) is 11.7 Å². The molecule has 0 aliphatic carbocycles. The molecule has 0 aliphatic heterocycles. The number of hydrogen-bond donors (Lipinski definition) is 1. The Labute approximate surface area is 133 Å².